The van der Waals surface area contributed by atoms with E-state index in [1.807, 2.05) is 0 Å². The van der Waals surface area contributed by atoms with Crippen LogP contribution in [0, 0.1) is 4.77 Å². The van der Waals surface area contributed by atoms with Crippen LogP contribution in [0.3, 0.4) is 0 Å². The zero-order chi connectivity index (χ0) is 14.8. The normalized spacial score (nSPS) is 11.9. The summed E-state index contributed by atoms with van der Waals surface area (Å²) >= 11 is 4.78. The van der Waals surface area contributed by atoms with E-state index in [1.165, 1.54) is 18.3 Å². The summed E-state index contributed by atoms with van der Waals surface area (Å²) in [6, 6.07) is 4.74. The average molecular weight is 302 g/mol. The lowest BCUT2D eigenvalue weighted by Gasteiger charge is -2.06. The van der Waals surface area contributed by atoms with E-state index in [0.717, 1.165) is 16.8 Å². The number of nitrogens with zero attached hydrogens (tertiary/aromatic N) is 3. The summed E-state index contributed by atoms with van der Waals surface area (Å²) in [7, 11) is 0. The second-order valence-electron chi connectivity index (χ2n) is 3.72. The van der Waals surface area contributed by atoms with Crippen LogP contribution >= 0.6 is 12.2 Å². The molecule has 0 atom stereocenters. The summed E-state index contributed by atoms with van der Waals surface area (Å²) < 4.78 is 38.7. The minimum Gasteiger partial charge on any atom is -0.334 e. The van der Waals surface area contributed by atoms with Gasteiger partial charge in [0, 0.05) is 0 Å². The van der Waals surface area contributed by atoms with Gasteiger partial charge >= 0.3 is 6.18 Å². The number of anilines is 1. The first-order valence-corrected chi connectivity index (χ1v) is 5.67. The topological polar surface area (TPSA) is 84.0 Å². The van der Waals surface area contributed by atoms with Crippen molar-refractivity contribution in [1.82, 2.24) is 14.9 Å². The highest BCUT2D eigenvalue weighted by Crippen LogP contribution is 2.29. The number of alkyl halides is 3. The first-order chi connectivity index (χ1) is 9.38. The van der Waals surface area contributed by atoms with E-state index in [4.69, 9.17) is 18.1 Å². The van der Waals surface area contributed by atoms with Gasteiger partial charge in [-0.05, 0) is 29.9 Å². The van der Waals surface area contributed by atoms with Crippen LogP contribution in [0.1, 0.15) is 11.1 Å². The van der Waals surface area contributed by atoms with Gasteiger partial charge in [0.15, 0.2) is 0 Å². The molecule has 0 aliphatic carbocycles. The van der Waals surface area contributed by atoms with Crippen LogP contribution in [-0.4, -0.2) is 21.1 Å². The Labute approximate surface area is 116 Å². The van der Waals surface area contributed by atoms with Crippen molar-refractivity contribution in [3.8, 4) is 0 Å². The van der Waals surface area contributed by atoms with Gasteiger partial charge in [0.05, 0.1) is 11.8 Å². The fourth-order valence-corrected chi connectivity index (χ4v) is 1.48. The van der Waals surface area contributed by atoms with Crippen molar-refractivity contribution in [2.45, 2.75) is 6.18 Å². The predicted octanol–water partition coefficient (Wildman–Crippen LogP) is 2.12. The van der Waals surface area contributed by atoms with Crippen LogP contribution in [0.25, 0.3) is 0 Å². The third-order valence-electron chi connectivity index (χ3n) is 2.30. The zero-order valence-corrected chi connectivity index (χ0v) is 10.7. The quantitative estimate of drug-likeness (QED) is 0.351. The van der Waals surface area contributed by atoms with E-state index in [9.17, 15) is 13.2 Å². The fraction of sp³-hybridized carbons (Fsp3) is 0.100. The van der Waals surface area contributed by atoms with Crippen LogP contribution in [0.2, 0.25) is 0 Å². The van der Waals surface area contributed by atoms with Crippen LogP contribution in [0.5, 0.6) is 0 Å². The number of benzene rings is 1. The molecule has 0 fully saturated rings. The van der Waals surface area contributed by atoms with Crippen molar-refractivity contribution in [3.05, 3.63) is 40.2 Å². The molecule has 106 valence electrons. The van der Waals surface area contributed by atoms with E-state index in [2.05, 4.69) is 20.7 Å². The summed E-state index contributed by atoms with van der Waals surface area (Å²) in [6.45, 7) is 0. The molecule has 0 saturated carbocycles. The largest absolute Gasteiger partial charge is 0.416 e. The molecule has 10 heteroatoms. The van der Waals surface area contributed by atoms with Gasteiger partial charge < -0.3 is 5.84 Å². The lowest BCUT2D eigenvalue weighted by Crippen LogP contribution is -2.11. The van der Waals surface area contributed by atoms with E-state index in [-0.39, 0.29) is 16.3 Å². The number of nitrogen functional groups attached to an aromatic ring is 1. The van der Waals surface area contributed by atoms with Gasteiger partial charge in [-0.2, -0.15) is 22.9 Å². The second kappa shape index (κ2) is 5.33. The standard InChI is InChI=1S/C10H9F3N6S/c11-10(12,13)7-3-1-2-6(4-7)5-15-16-8-17-18-9(20)19(8)14/h1-5H,14H2,(H,16,17)(H,18,20)/b15-5+. The van der Waals surface area contributed by atoms with Crippen LogP contribution in [-0.2, 0) is 6.18 Å². The molecule has 1 heterocycles. The van der Waals surface area contributed by atoms with Crippen molar-refractivity contribution in [2.24, 2.45) is 5.10 Å². The third kappa shape index (κ3) is 3.15. The number of aromatic nitrogens is 3. The molecule has 4 N–H and O–H groups in total. The SMILES string of the molecule is Nn1c(N/N=C/c2cccc(C(F)(F)F)c2)n[nH]c1=S. The van der Waals surface area contributed by atoms with Gasteiger partial charge in [0.1, 0.15) is 0 Å². The number of halogens is 3. The van der Waals surface area contributed by atoms with E-state index in [0.29, 0.717) is 0 Å². The lowest BCUT2D eigenvalue weighted by atomic mass is 10.1. The molecule has 0 spiro atoms. The van der Waals surface area contributed by atoms with Crippen molar-refractivity contribution in [2.75, 3.05) is 11.3 Å². The van der Waals surface area contributed by atoms with Crippen molar-refractivity contribution < 1.29 is 13.2 Å². The highest BCUT2D eigenvalue weighted by Gasteiger charge is 2.30. The molecule has 0 aliphatic rings. The number of hydrazone groups is 1. The fourth-order valence-electron chi connectivity index (χ4n) is 1.34. The summed E-state index contributed by atoms with van der Waals surface area (Å²) in [6.07, 6.45) is -3.18. The molecule has 20 heavy (non-hydrogen) atoms. The Morgan fingerprint density at radius 1 is 1.45 bits per heavy atom. The molecule has 2 rings (SSSR count). The molecule has 6 nitrogen and oxygen atoms in total. The highest BCUT2D eigenvalue weighted by atomic mass is 32.1. The predicted molar refractivity (Wildman–Crippen MR) is 70.2 cm³/mol. The molecular formula is C10H9F3N6S. The Hall–Kier alpha value is -2.36. The number of hydrogen-bond donors (Lipinski definition) is 3. The van der Waals surface area contributed by atoms with Crippen molar-refractivity contribution in [3.63, 3.8) is 0 Å². The Bertz CT molecular complexity index is 687. The van der Waals surface area contributed by atoms with Gasteiger partial charge in [-0.3, -0.25) is 0 Å². The maximum Gasteiger partial charge on any atom is 0.416 e. The molecule has 1 aromatic heterocycles. The molecule has 0 unspecified atom stereocenters. The minimum atomic E-state index is -4.39. The summed E-state index contributed by atoms with van der Waals surface area (Å²) in [5.41, 5.74) is 1.99. The molecule has 1 aromatic carbocycles. The molecule has 0 bridgehead atoms. The second-order valence-corrected chi connectivity index (χ2v) is 4.10. The molecule has 0 amide bonds. The van der Waals surface area contributed by atoms with Gasteiger partial charge in [-0.1, -0.05) is 12.1 Å². The van der Waals surface area contributed by atoms with E-state index >= 15 is 0 Å². The first kappa shape index (κ1) is 14.1. The number of aromatic amines is 1. The Morgan fingerprint density at radius 2 is 2.20 bits per heavy atom. The smallest absolute Gasteiger partial charge is 0.334 e. The highest BCUT2D eigenvalue weighted by molar-refractivity contribution is 7.71. The van der Waals surface area contributed by atoms with Crippen molar-refractivity contribution in [1.29, 1.82) is 0 Å². The van der Waals surface area contributed by atoms with Crippen molar-refractivity contribution >= 4 is 24.4 Å². The summed E-state index contributed by atoms with van der Waals surface area (Å²) in [5, 5.41) is 9.88. The zero-order valence-electron chi connectivity index (χ0n) is 9.85. The Kier molecular flexibility index (Phi) is 3.74. The molecule has 2 aromatic rings. The van der Waals surface area contributed by atoms with Crippen LogP contribution in [0.4, 0.5) is 19.1 Å². The lowest BCUT2D eigenvalue weighted by molar-refractivity contribution is -0.137. The van der Waals surface area contributed by atoms with Gasteiger partial charge in [0.2, 0.25) is 4.77 Å². The molecule has 0 aliphatic heterocycles. The maximum absolute atomic E-state index is 12.5. The number of rotatable bonds is 3. The number of H-pyrrole nitrogens is 1. The summed E-state index contributed by atoms with van der Waals surface area (Å²) in [4.78, 5) is 0. The monoisotopic (exact) mass is 302 g/mol. The number of nitrogens with one attached hydrogen (secondary N) is 2. The van der Waals surface area contributed by atoms with Gasteiger partial charge in [0.25, 0.3) is 5.95 Å². The van der Waals surface area contributed by atoms with Crippen LogP contribution < -0.4 is 11.3 Å². The Morgan fingerprint density at radius 3 is 2.80 bits per heavy atom. The minimum absolute atomic E-state index is 0.137. The third-order valence-corrected chi connectivity index (χ3v) is 2.58. The van der Waals surface area contributed by atoms with E-state index in [1.54, 1.807) is 0 Å². The van der Waals surface area contributed by atoms with Gasteiger partial charge in [-0.15, -0.1) is 5.10 Å². The Balaban J connectivity index is 2.12. The van der Waals surface area contributed by atoms with Gasteiger partial charge in [-0.25, -0.2) is 10.5 Å². The first-order valence-electron chi connectivity index (χ1n) is 5.27. The van der Waals surface area contributed by atoms with Crippen LogP contribution in [0.15, 0.2) is 29.4 Å². The van der Waals surface area contributed by atoms with E-state index < -0.39 is 11.7 Å². The average Bonchev–Trinajstić information content (AvgIpc) is 2.70. The summed E-state index contributed by atoms with van der Waals surface area (Å²) in [5.74, 6) is 5.63. The molecule has 0 radical (unpaired) electrons. The molecule has 0 saturated heterocycles. The number of hydrogen-bond acceptors (Lipinski definition) is 5. The maximum atomic E-state index is 12.5. The molecular weight excluding hydrogens is 293 g/mol. The number of nitrogens with two attached hydrogens (primary N) is 1.